The molecule has 2 heterocycles. The Bertz CT molecular complexity index is 659. The number of halogens is 1. The molecule has 0 spiro atoms. The molecule has 0 bridgehead atoms. The molecule has 0 radical (unpaired) electrons. The monoisotopic (exact) mass is 352 g/mol. The first-order chi connectivity index (χ1) is 10.1. The Morgan fingerprint density at radius 1 is 1.33 bits per heavy atom. The number of anilines is 1. The Kier molecular flexibility index (Phi) is 5.46. The van der Waals surface area contributed by atoms with Gasteiger partial charge in [-0.2, -0.15) is 5.10 Å². The molecule has 0 aliphatic carbocycles. The Morgan fingerprint density at radius 3 is 2.81 bits per heavy atom. The van der Waals surface area contributed by atoms with Gasteiger partial charge in [-0.15, -0.1) is 0 Å². The number of ether oxygens (including phenoxy) is 1. The van der Waals surface area contributed by atoms with Crippen molar-refractivity contribution in [2.24, 2.45) is 0 Å². The minimum atomic E-state index is -0.142. The van der Waals surface area contributed by atoms with E-state index >= 15 is 0 Å². The van der Waals surface area contributed by atoms with Gasteiger partial charge in [0, 0.05) is 43.6 Å². The molecule has 0 amide bonds. The number of likely N-dealkylation sites (N-methyl/N-ethyl adjacent to an activating group) is 1. The summed E-state index contributed by atoms with van der Waals surface area (Å²) in [5.74, 6) is 0. The quantitative estimate of drug-likeness (QED) is 0.788. The fraction of sp³-hybridized carbons (Fsp3) is 0.357. The van der Waals surface area contributed by atoms with Crippen LogP contribution in [-0.4, -0.2) is 42.1 Å². The van der Waals surface area contributed by atoms with E-state index in [0.717, 1.165) is 15.7 Å². The summed E-state index contributed by atoms with van der Waals surface area (Å²) in [5.41, 5.74) is 1.55. The van der Waals surface area contributed by atoms with Crippen LogP contribution in [0, 0.1) is 0 Å². The summed E-state index contributed by atoms with van der Waals surface area (Å²) in [5, 5.41) is 4.21. The second-order valence-electron chi connectivity index (χ2n) is 4.64. The third-order valence-corrected chi connectivity index (χ3v) is 3.45. The van der Waals surface area contributed by atoms with Crippen molar-refractivity contribution in [3.8, 4) is 0 Å². The highest BCUT2D eigenvalue weighted by Crippen LogP contribution is 2.11. The summed E-state index contributed by atoms with van der Waals surface area (Å²) >= 11 is 3.36. The molecule has 0 aliphatic heterocycles. The second kappa shape index (κ2) is 7.33. The normalized spacial score (nSPS) is 10.6. The average molecular weight is 353 g/mol. The number of methoxy groups -OCH3 is 1. The molecule has 6 nitrogen and oxygen atoms in total. The van der Waals surface area contributed by atoms with Gasteiger partial charge >= 0.3 is 0 Å². The molecule has 112 valence electrons. The lowest BCUT2D eigenvalue weighted by Gasteiger charge is -2.18. The van der Waals surface area contributed by atoms with E-state index in [4.69, 9.17) is 4.74 Å². The summed E-state index contributed by atoms with van der Waals surface area (Å²) < 4.78 is 7.31. The van der Waals surface area contributed by atoms with E-state index < -0.39 is 0 Å². The molecule has 2 aromatic heterocycles. The number of hydrogen-bond donors (Lipinski definition) is 0. The van der Waals surface area contributed by atoms with Crippen molar-refractivity contribution in [1.82, 2.24) is 14.8 Å². The van der Waals surface area contributed by atoms with Crippen LogP contribution < -0.4 is 10.5 Å². The summed E-state index contributed by atoms with van der Waals surface area (Å²) in [7, 11) is 3.55. The standard InChI is InChI=1S/C14H17BrN4O2/c1-18(3-4-21-2)13-6-14(20)19(17-9-13)10-11-5-12(15)8-16-7-11/h5-9H,3-4,10H2,1-2H3. The van der Waals surface area contributed by atoms with Gasteiger partial charge < -0.3 is 9.64 Å². The number of aromatic nitrogens is 3. The molecule has 0 saturated heterocycles. The molecule has 2 aromatic rings. The van der Waals surface area contributed by atoms with Crippen molar-refractivity contribution >= 4 is 21.6 Å². The zero-order valence-corrected chi connectivity index (χ0v) is 13.6. The second-order valence-corrected chi connectivity index (χ2v) is 5.55. The molecule has 0 N–H and O–H groups in total. The number of pyridine rings is 1. The first kappa shape index (κ1) is 15.7. The lowest BCUT2D eigenvalue weighted by molar-refractivity contribution is 0.206. The molecule has 0 fully saturated rings. The maximum atomic E-state index is 12.1. The van der Waals surface area contributed by atoms with E-state index in [9.17, 15) is 4.79 Å². The van der Waals surface area contributed by atoms with Crippen molar-refractivity contribution < 1.29 is 4.74 Å². The SMILES string of the molecule is COCCN(C)c1cnn(Cc2cncc(Br)c2)c(=O)c1. The minimum Gasteiger partial charge on any atom is -0.383 e. The lowest BCUT2D eigenvalue weighted by Crippen LogP contribution is -2.27. The molecule has 0 aliphatic rings. The van der Waals surface area contributed by atoms with Crippen LogP contribution in [0.15, 0.2) is 40.0 Å². The highest BCUT2D eigenvalue weighted by Gasteiger charge is 2.05. The predicted molar refractivity (Wildman–Crippen MR) is 84.7 cm³/mol. The van der Waals surface area contributed by atoms with E-state index in [-0.39, 0.29) is 5.56 Å². The molecule has 0 saturated carbocycles. The fourth-order valence-corrected chi connectivity index (χ4v) is 2.24. The first-order valence-electron chi connectivity index (χ1n) is 6.47. The topological polar surface area (TPSA) is 60.2 Å². The van der Waals surface area contributed by atoms with Gasteiger partial charge in [0.1, 0.15) is 0 Å². The van der Waals surface area contributed by atoms with Crippen molar-refractivity contribution in [1.29, 1.82) is 0 Å². The molecule has 21 heavy (non-hydrogen) atoms. The van der Waals surface area contributed by atoms with E-state index in [1.54, 1.807) is 31.8 Å². The van der Waals surface area contributed by atoms with Crippen molar-refractivity contribution in [3.63, 3.8) is 0 Å². The summed E-state index contributed by atoms with van der Waals surface area (Å²) in [6, 6.07) is 3.49. The van der Waals surface area contributed by atoms with Crippen LogP contribution in [0.25, 0.3) is 0 Å². The van der Waals surface area contributed by atoms with E-state index in [1.165, 1.54) is 4.68 Å². The van der Waals surface area contributed by atoms with Crippen LogP contribution in [0.5, 0.6) is 0 Å². The molecule has 0 unspecified atom stereocenters. The summed E-state index contributed by atoms with van der Waals surface area (Å²) in [6.07, 6.45) is 5.10. The Morgan fingerprint density at radius 2 is 2.14 bits per heavy atom. The Labute approximate surface area is 131 Å². The average Bonchev–Trinajstić information content (AvgIpc) is 2.47. The minimum absolute atomic E-state index is 0.142. The maximum Gasteiger partial charge on any atom is 0.269 e. The van der Waals surface area contributed by atoms with Gasteiger partial charge in [-0.3, -0.25) is 9.78 Å². The van der Waals surface area contributed by atoms with Gasteiger partial charge in [-0.1, -0.05) is 0 Å². The molecule has 2 rings (SSSR count). The van der Waals surface area contributed by atoms with Crippen LogP contribution in [-0.2, 0) is 11.3 Å². The van der Waals surface area contributed by atoms with E-state index in [0.29, 0.717) is 19.7 Å². The van der Waals surface area contributed by atoms with Crippen LogP contribution in [0.1, 0.15) is 5.56 Å². The third-order valence-electron chi connectivity index (χ3n) is 3.02. The maximum absolute atomic E-state index is 12.1. The summed E-state index contributed by atoms with van der Waals surface area (Å²) in [6.45, 7) is 1.70. The predicted octanol–water partition coefficient (Wildman–Crippen LogP) is 1.53. The third kappa shape index (κ3) is 4.37. The van der Waals surface area contributed by atoms with Crippen LogP contribution in [0.3, 0.4) is 0 Å². The van der Waals surface area contributed by atoms with Gasteiger partial charge in [-0.05, 0) is 27.6 Å². The number of hydrogen-bond acceptors (Lipinski definition) is 5. The van der Waals surface area contributed by atoms with Crippen molar-refractivity contribution in [3.05, 3.63) is 51.1 Å². The zero-order valence-electron chi connectivity index (χ0n) is 12.0. The number of nitrogens with zero attached hydrogens (tertiary/aromatic N) is 4. The number of rotatable bonds is 6. The van der Waals surface area contributed by atoms with Gasteiger partial charge in [0.2, 0.25) is 0 Å². The van der Waals surface area contributed by atoms with Crippen molar-refractivity contribution in [2.75, 3.05) is 32.2 Å². The molecule has 0 aromatic carbocycles. The van der Waals surface area contributed by atoms with Gasteiger partial charge in [0.15, 0.2) is 0 Å². The van der Waals surface area contributed by atoms with Crippen LogP contribution in [0.4, 0.5) is 5.69 Å². The highest BCUT2D eigenvalue weighted by atomic mass is 79.9. The van der Waals surface area contributed by atoms with Gasteiger partial charge in [-0.25, -0.2) is 4.68 Å². The van der Waals surface area contributed by atoms with E-state index in [2.05, 4.69) is 26.0 Å². The van der Waals surface area contributed by atoms with Gasteiger partial charge in [0.05, 0.1) is 25.0 Å². The highest BCUT2D eigenvalue weighted by molar-refractivity contribution is 9.10. The lowest BCUT2D eigenvalue weighted by atomic mass is 10.3. The summed E-state index contributed by atoms with van der Waals surface area (Å²) in [4.78, 5) is 18.1. The first-order valence-corrected chi connectivity index (χ1v) is 7.26. The molecular weight excluding hydrogens is 336 g/mol. The van der Waals surface area contributed by atoms with Crippen molar-refractivity contribution in [2.45, 2.75) is 6.54 Å². The molecule has 7 heteroatoms. The van der Waals surface area contributed by atoms with Crippen LogP contribution >= 0.6 is 15.9 Å². The largest absolute Gasteiger partial charge is 0.383 e. The van der Waals surface area contributed by atoms with Gasteiger partial charge in [0.25, 0.3) is 5.56 Å². The van der Waals surface area contributed by atoms with E-state index in [1.807, 2.05) is 18.0 Å². The Balaban J connectivity index is 2.14. The molecule has 0 atom stereocenters. The smallest absolute Gasteiger partial charge is 0.269 e. The zero-order chi connectivity index (χ0) is 15.2. The molecular formula is C14H17BrN4O2. The fourth-order valence-electron chi connectivity index (χ4n) is 1.82. The Hall–Kier alpha value is -1.73. The van der Waals surface area contributed by atoms with Crippen LogP contribution in [0.2, 0.25) is 0 Å².